The number of carbonyl (C=O) groups is 1. The number of hydrogen-bond acceptors (Lipinski definition) is 4. The van der Waals surface area contributed by atoms with Crippen LogP contribution in [0.4, 0.5) is 0 Å². The van der Waals surface area contributed by atoms with E-state index in [1.165, 1.54) is 0 Å². The largest absolute Gasteiger partial charge is 0.464 e. The summed E-state index contributed by atoms with van der Waals surface area (Å²) in [6.07, 6.45) is 0.273. The number of aliphatic hydroxyl groups is 1. The highest BCUT2D eigenvalue weighted by Gasteiger charge is 2.44. The van der Waals surface area contributed by atoms with Gasteiger partial charge in [-0.05, 0) is 18.9 Å². The van der Waals surface area contributed by atoms with Crippen molar-refractivity contribution in [3.63, 3.8) is 0 Å². The Morgan fingerprint density at radius 1 is 1.32 bits per heavy atom. The fourth-order valence-electron chi connectivity index (χ4n) is 2.15. The first-order valence-electron chi connectivity index (χ1n) is 6.53. The van der Waals surface area contributed by atoms with Crippen molar-refractivity contribution in [2.45, 2.75) is 31.8 Å². The highest BCUT2D eigenvalue weighted by molar-refractivity contribution is 5.80. The zero-order valence-electron chi connectivity index (χ0n) is 11.8. The molecule has 0 amide bonds. The summed E-state index contributed by atoms with van der Waals surface area (Å²) in [6.45, 7) is 3.99. The first kappa shape index (κ1) is 15.7. The van der Waals surface area contributed by atoms with Gasteiger partial charge in [-0.2, -0.15) is 0 Å². The van der Waals surface area contributed by atoms with Gasteiger partial charge in [-0.25, -0.2) is 4.79 Å². The lowest BCUT2D eigenvalue weighted by atomic mass is 9.80. The highest BCUT2D eigenvalue weighted by Crippen LogP contribution is 2.32. The Morgan fingerprint density at radius 2 is 1.95 bits per heavy atom. The van der Waals surface area contributed by atoms with Crippen LogP contribution in [0.1, 0.15) is 31.7 Å². The van der Waals surface area contributed by atoms with Gasteiger partial charge in [0.05, 0.1) is 13.2 Å². The lowest BCUT2D eigenvalue weighted by molar-refractivity contribution is -0.169. The molecule has 1 aromatic rings. The molecular weight excluding hydrogens is 244 g/mol. The van der Waals surface area contributed by atoms with Gasteiger partial charge < -0.3 is 14.6 Å². The van der Waals surface area contributed by atoms with Crippen LogP contribution in [0, 0.1) is 0 Å². The smallest absolute Gasteiger partial charge is 0.338 e. The van der Waals surface area contributed by atoms with Crippen molar-refractivity contribution in [2.24, 2.45) is 0 Å². The summed E-state index contributed by atoms with van der Waals surface area (Å²) in [5.74, 6) is -1.04. The van der Waals surface area contributed by atoms with Crippen molar-refractivity contribution in [1.82, 2.24) is 0 Å². The molecule has 0 saturated carbocycles. The van der Waals surface area contributed by atoms with Crippen LogP contribution in [0.3, 0.4) is 0 Å². The summed E-state index contributed by atoms with van der Waals surface area (Å²) in [5.41, 5.74) is -0.699. The second-order valence-electron chi connectivity index (χ2n) is 4.42. The van der Waals surface area contributed by atoms with E-state index in [0.717, 1.165) is 5.56 Å². The maximum atomic E-state index is 12.1. The lowest BCUT2D eigenvalue weighted by Gasteiger charge is -2.33. The van der Waals surface area contributed by atoms with Gasteiger partial charge in [-0.3, -0.25) is 0 Å². The quantitative estimate of drug-likeness (QED) is 0.768. The number of carbonyl (C=O) groups excluding carboxylic acids is 1. The van der Waals surface area contributed by atoms with Gasteiger partial charge in [0.25, 0.3) is 0 Å². The normalized spacial score (nSPS) is 15.6. The van der Waals surface area contributed by atoms with Crippen LogP contribution in [-0.2, 0) is 14.3 Å². The average Bonchev–Trinajstić information content (AvgIpc) is 2.45. The number of ether oxygens (including phenoxy) is 2. The Kier molecular flexibility index (Phi) is 5.99. The third kappa shape index (κ3) is 3.55. The molecule has 2 atom stereocenters. The standard InChI is InChI=1S/C15H22O4/c1-4-15(17,14(16)19-5-2)13(11-18-3)12-9-7-6-8-10-12/h6-10,13,17H,4-5,11H2,1-3H3. The van der Waals surface area contributed by atoms with E-state index >= 15 is 0 Å². The third-order valence-corrected chi connectivity index (χ3v) is 3.28. The van der Waals surface area contributed by atoms with Crippen LogP contribution in [0.2, 0.25) is 0 Å². The Balaban J connectivity index is 3.11. The van der Waals surface area contributed by atoms with Crippen molar-refractivity contribution < 1.29 is 19.4 Å². The van der Waals surface area contributed by atoms with Crippen LogP contribution in [0.5, 0.6) is 0 Å². The van der Waals surface area contributed by atoms with Crippen LogP contribution in [-0.4, -0.2) is 37.0 Å². The summed E-state index contributed by atoms with van der Waals surface area (Å²) in [5, 5.41) is 10.7. The minimum Gasteiger partial charge on any atom is -0.464 e. The third-order valence-electron chi connectivity index (χ3n) is 3.28. The highest BCUT2D eigenvalue weighted by atomic mass is 16.5. The topological polar surface area (TPSA) is 55.8 Å². The van der Waals surface area contributed by atoms with Gasteiger partial charge in [-0.1, -0.05) is 37.3 Å². The van der Waals surface area contributed by atoms with Crippen molar-refractivity contribution in [3.8, 4) is 0 Å². The first-order valence-corrected chi connectivity index (χ1v) is 6.53. The maximum absolute atomic E-state index is 12.1. The molecule has 0 saturated heterocycles. The number of benzene rings is 1. The van der Waals surface area contributed by atoms with Crippen molar-refractivity contribution >= 4 is 5.97 Å². The summed E-state index contributed by atoms with van der Waals surface area (Å²) in [4.78, 5) is 12.1. The number of esters is 1. The Labute approximate surface area is 114 Å². The minimum atomic E-state index is -1.56. The number of methoxy groups -OCH3 is 1. The monoisotopic (exact) mass is 266 g/mol. The van der Waals surface area contributed by atoms with E-state index in [1.807, 2.05) is 30.3 Å². The molecular formula is C15H22O4. The molecule has 0 spiro atoms. The molecule has 0 heterocycles. The molecule has 0 aliphatic carbocycles. The average molecular weight is 266 g/mol. The van der Waals surface area contributed by atoms with Gasteiger partial charge in [0, 0.05) is 13.0 Å². The zero-order chi connectivity index (χ0) is 14.3. The van der Waals surface area contributed by atoms with Crippen molar-refractivity contribution in [2.75, 3.05) is 20.3 Å². The predicted octanol–water partition coefficient (Wildman–Crippen LogP) is 2.12. The molecule has 19 heavy (non-hydrogen) atoms. The molecule has 106 valence electrons. The Morgan fingerprint density at radius 3 is 2.42 bits per heavy atom. The number of rotatable bonds is 7. The molecule has 4 nitrogen and oxygen atoms in total. The molecule has 1 N–H and O–H groups in total. The summed E-state index contributed by atoms with van der Waals surface area (Å²) < 4.78 is 10.2. The van der Waals surface area contributed by atoms with Gasteiger partial charge in [-0.15, -0.1) is 0 Å². The van der Waals surface area contributed by atoms with E-state index in [0.29, 0.717) is 0 Å². The molecule has 0 aliphatic rings. The summed E-state index contributed by atoms with van der Waals surface area (Å²) >= 11 is 0. The van der Waals surface area contributed by atoms with Gasteiger partial charge >= 0.3 is 5.97 Å². The maximum Gasteiger partial charge on any atom is 0.338 e. The van der Waals surface area contributed by atoms with Crippen LogP contribution in [0.25, 0.3) is 0 Å². The van der Waals surface area contributed by atoms with E-state index in [9.17, 15) is 9.90 Å². The molecule has 4 heteroatoms. The summed E-state index contributed by atoms with van der Waals surface area (Å²) in [7, 11) is 1.55. The fourth-order valence-corrected chi connectivity index (χ4v) is 2.15. The van der Waals surface area contributed by atoms with Gasteiger partial charge in [0.2, 0.25) is 0 Å². The Hall–Kier alpha value is -1.39. The SMILES string of the molecule is CCOC(=O)C(O)(CC)C(COC)c1ccccc1. The van der Waals surface area contributed by atoms with Crippen LogP contribution in [0.15, 0.2) is 30.3 Å². The van der Waals surface area contributed by atoms with E-state index < -0.39 is 17.5 Å². The zero-order valence-corrected chi connectivity index (χ0v) is 11.8. The van der Waals surface area contributed by atoms with Crippen molar-refractivity contribution in [1.29, 1.82) is 0 Å². The predicted molar refractivity (Wildman–Crippen MR) is 72.9 cm³/mol. The minimum absolute atomic E-state index is 0.246. The van der Waals surface area contributed by atoms with E-state index in [1.54, 1.807) is 21.0 Å². The van der Waals surface area contributed by atoms with Crippen LogP contribution < -0.4 is 0 Å². The van der Waals surface area contributed by atoms with E-state index in [-0.39, 0.29) is 19.6 Å². The Bertz CT molecular complexity index is 390. The van der Waals surface area contributed by atoms with E-state index in [2.05, 4.69) is 0 Å². The molecule has 2 unspecified atom stereocenters. The molecule has 0 bridgehead atoms. The molecule has 0 radical (unpaired) electrons. The van der Waals surface area contributed by atoms with Crippen molar-refractivity contribution in [3.05, 3.63) is 35.9 Å². The lowest BCUT2D eigenvalue weighted by Crippen LogP contribution is -2.47. The second kappa shape index (κ2) is 7.26. The molecule has 0 aromatic heterocycles. The first-order chi connectivity index (χ1) is 9.10. The van der Waals surface area contributed by atoms with Crippen LogP contribution >= 0.6 is 0 Å². The number of hydrogen-bond donors (Lipinski definition) is 1. The molecule has 0 aliphatic heterocycles. The van der Waals surface area contributed by atoms with Gasteiger partial charge in [0.1, 0.15) is 0 Å². The fraction of sp³-hybridized carbons (Fsp3) is 0.533. The van der Waals surface area contributed by atoms with Gasteiger partial charge in [0.15, 0.2) is 5.60 Å². The molecule has 1 rings (SSSR count). The molecule has 0 fully saturated rings. The second-order valence-corrected chi connectivity index (χ2v) is 4.42. The summed E-state index contributed by atoms with van der Waals surface area (Å²) in [6, 6.07) is 9.40. The molecule has 1 aromatic carbocycles. The van der Waals surface area contributed by atoms with E-state index in [4.69, 9.17) is 9.47 Å².